The molecule has 0 aliphatic rings. The van der Waals surface area contributed by atoms with Crippen LogP contribution >= 0.6 is 0 Å². The second kappa shape index (κ2) is 7.10. The minimum atomic E-state index is -0.395. The van der Waals surface area contributed by atoms with E-state index in [1.807, 2.05) is 24.3 Å². The molecule has 3 heterocycles. The minimum absolute atomic E-state index is 0.206. The molecule has 0 saturated carbocycles. The Morgan fingerprint density at radius 1 is 1.00 bits per heavy atom. The SMILES string of the molecule is Fc1ccccc1-c1noc(-c2ccc(NCc3ccncc3)nc2)n1. The molecule has 26 heavy (non-hydrogen) atoms. The highest BCUT2D eigenvalue weighted by Gasteiger charge is 2.13. The molecule has 6 nitrogen and oxygen atoms in total. The summed E-state index contributed by atoms with van der Waals surface area (Å²) in [6, 6.07) is 13.8. The van der Waals surface area contributed by atoms with Crippen molar-refractivity contribution in [1.82, 2.24) is 20.1 Å². The number of nitrogens with one attached hydrogen (secondary N) is 1. The first-order valence-electron chi connectivity index (χ1n) is 7.97. The highest BCUT2D eigenvalue weighted by Crippen LogP contribution is 2.24. The molecule has 1 N–H and O–H groups in total. The van der Waals surface area contributed by atoms with Gasteiger partial charge >= 0.3 is 0 Å². The van der Waals surface area contributed by atoms with Crippen molar-refractivity contribution in [3.05, 3.63) is 78.5 Å². The molecular weight excluding hydrogens is 333 g/mol. The topological polar surface area (TPSA) is 76.7 Å². The lowest BCUT2D eigenvalue weighted by Gasteiger charge is -2.05. The summed E-state index contributed by atoms with van der Waals surface area (Å²) < 4.78 is 19.1. The third-order valence-electron chi connectivity index (χ3n) is 3.77. The number of rotatable bonds is 5. The van der Waals surface area contributed by atoms with Crippen LogP contribution in [0, 0.1) is 5.82 Å². The quantitative estimate of drug-likeness (QED) is 0.589. The average Bonchev–Trinajstić information content (AvgIpc) is 3.18. The van der Waals surface area contributed by atoms with Crippen LogP contribution in [0.4, 0.5) is 10.2 Å². The monoisotopic (exact) mass is 347 g/mol. The van der Waals surface area contributed by atoms with Gasteiger partial charge in [0.2, 0.25) is 5.82 Å². The minimum Gasteiger partial charge on any atom is -0.366 e. The molecule has 0 bridgehead atoms. The van der Waals surface area contributed by atoms with Gasteiger partial charge in [0.1, 0.15) is 11.6 Å². The highest BCUT2D eigenvalue weighted by molar-refractivity contribution is 5.60. The first kappa shape index (κ1) is 15.9. The van der Waals surface area contributed by atoms with Crippen LogP contribution in [-0.2, 0) is 6.54 Å². The molecule has 7 heteroatoms. The highest BCUT2D eigenvalue weighted by atomic mass is 19.1. The number of halogens is 1. The molecule has 0 atom stereocenters. The van der Waals surface area contributed by atoms with E-state index in [4.69, 9.17) is 4.52 Å². The maximum absolute atomic E-state index is 13.8. The van der Waals surface area contributed by atoms with E-state index in [-0.39, 0.29) is 11.7 Å². The van der Waals surface area contributed by atoms with Gasteiger partial charge in [-0.05, 0) is 42.0 Å². The van der Waals surface area contributed by atoms with E-state index in [1.165, 1.54) is 6.07 Å². The van der Waals surface area contributed by atoms with Gasteiger partial charge in [-0.15, -0.1) is 0 Å². The summed E-state index contributed by atoms with van der Waals surface area (Å²) in [4.78, 5) is 12.6. The molecule has 4 aromatic rings. The first-order chi connectivity index (χ1) is 12.8. The van der Waals surface area contributed by atoms with Crippen molar-refractivity contribution in [1.29, 1.82) is 0 Å². The Morgan fingerprint density at radius 3 is 2.62 bits per heavy atom. The largest absolute Gasteiger partial charge is 0.366 e. The van der Waals surface area contributed by atoms with E-state index >= 15 is 0 Å². The Morgan fingerprint density at radius 2 is 1.85 bits per heavy atom. The van der Waals surface area contributed by atoms with Crippen molar-refractivity contribution >= 4 is 5.82 Å². The summed E-state index contributed by atoms with van der Waals surface area (Å²) in [6.45, 7) is 0.646. The molecular formula is C19H14FN5O. The normalized spacial score (nSPS) is 10.7. The summed E-state index contributed by atoms with van der Waals surface area (Å²) in [7, 11) is 0. The smallest absolute Gasteiger partial charge is 0.259 e. The van der Waals surface area contributed by atoms with Crippen molar-refractivity contribution in [2.24, 2.45) is 0 Å². The summed E-state index contributed by atoms with van der Waals surface area (Å²) in [6.07, 6.45) is 5.13. The average molecular weight is 347 g/mol. The number of aromatic nitrogens is 4. The van der Waals surface area contributed by atoms with Crippen LogP contribution in [0.25, 0.3) is 22.8 Å². The van der Waals surface area contributed by atoms with Crippen LogP contribution in [0.15, 0.2) is 71.6 Å². The molecule has 0 fully saturated rings. The van der Waals surface area contributed by atoms with E-state index in [9.17, 15) is 4.39 Å². The molecule has 0 spiro atoms. The lowest BCUT2D eigenvalue weighted by molar-refractivity contribution is 0.431. The maximum Gasteiger partial charge on any atom is 0.259 e. The van der Waals surface area contributed by atoms with Gasteiger partial charge in [0.25, 0.3) is 5.89 Å². The Labute approximate surface area is 148 Å². The van der Waals surface area contributed by atoms with Gasteiger partial charge in [-0.1, -0.05) is 17.3 Å². The van der Waals surface area contributed by atoms with E-state index in [2.05, 4.69) is 25.4 Å². The van der Waals surface area contributed by atoms with E-state index < -0.39 is 5.82 Å². The second-order valence-electron chi connectivity index (χ2n) is 5.54. The fraction of sp³-hybridized carbons (Fsp3) is 0.0526. The number of hydrogen-bond donors (Lipinski definition) is 1. The predicted molar refractivity (Wildman–Crippen MR) is 94.5 cm³/mol. The Balaban J connectivity index is 1.48. The summed E-state index contributed by atoms with van der Waals surface area (Å²) in [5.41, 5.74) is 2.07. The van der Waals surface area contributed by atoms with E-state index in [1.54, 1.807) is 36.8 Å². The zero-order valence-electron chi connectivity index (χ0n) is 13.6. The van der Waals surface area contributed by atoms with Crippen molar-refractivity contribution in [3.63, 3.8) is 0 Å². The molecule has 128 valence electrons. The first-order valence-corrected chi connectivity index (χ1v) is 7.97. The lowest BCUT2D eigenvalue weighted by atomic mass is 10.2. The lowest BCUT2D eigenvalue weighted by Crippen LogP contribution is -2.01. The van der Waals surface area contributed by atoms with Gasteiger partial charge in [0, 0.05) is 25.1 Å². The third kappa shape index (κ3) is 3.41. The molecule has 4 rings (SSSR count). The van der Waals surface area contributed by atoms with Crippen LogP contribution in [0.2, 0.25) is 0 Å². The molecule has 0 unspecified atom stereocenters. The third-order valence-corrected chi connectivity index (χ3v) is 3.77. The van der Waals surface area contributed by atoms with Crippen molar-refractivity contribution in [2.75, 3.05) is 5.32 Å². The Kier molecular flexibility index (Phi) is 4.34. The van der Waals surface area contributed by atoms with Crippen LogP contribution in [-0.4, -0.2) is 20.1 Å². The van der Waals surface area contributed by atoms with Gasteiger partial charge in [-0.3, -0.25) is 4.98 Å². The van der Waals surface area contributed by atoms with Crippen molar-refractivity contribution in [3.8, 4) is 22.8 Å². The molecule has 3 aromatic heterocycles. The van der Waals surface area contributed by atoms with Crippen molar-refractivity contribution in [2.45, 2.75) is 6.54 Å². The van der Waals surface area contributed by atoms with Gasteiger partial charge in [-0.25, -0.2) is 9.37 Å². The van der Waals surface area contributed by atoms with Crippen molar-refractivity contribution < 1.29 is 8.91 Å². The molecule has 1 aromatic carbocycles. The zero-order chi connectivity index (χ0) is 17.8. The van der Waals surface area contributed by atoms with Gasteiger partial charge in [0.15, 0.2) is 0 Å². The zero-order valence-corrected chi connectivity index (χ0v) is 13.6. The molecule has 0 aliphatic carbocycles. The number of hydrogen-bond acceptors (Lipinski definition) is 6. The number of nitrogens with zero attached hydrogens (tertiary/aromatic N) is 4. The fourth-order valence-corrected chi connectivity index (χ4v) is 2.41. The second-order valence-corrected chi connectivity index (χ2v) is 5.54. The van der Waals surface area contributed by atoms with Crippen LogP contribution in [0.1, 0.15) is 5.56 Å². The molecule has 0 aliphatic heterocycles. The van der Waals surface area contributed by atoms with Gasteiger partial charge < -0.3 is 9.84 Å². The Hall–Kier alpha value is -3.61. The Bertz CT molecular complexity index is 1000. The summed E-state index contributed by atoms with van der Waals surface area (Å²) in [5.74, 6) is 0.822. The molecule has 0 saturated heterocycles. The fourth-order valence-electron chi connectivity index (χ4n) is 2.41. The summed E-state index contributed by atoms with van der Waals surface area (Å²) in [5, 5.41) is 7.07. The molecule has 0 radical (unpaired) electrons. The van der Waals surface area contributed by atoms with Gasteiger partial charge in [-0.2, -0.15) is 4.98 Å². The van der Waals surface area contributed by atoms with Crippen LogP contribution in [0.3, 0.4) is 0 Å². The van der Waals surface area contributed by atoms with E-state index in [0.29, 0.717) is 17.7 Å². The molecule has 0 amide bonds. The number of anilines is 1. The predicted octanol–water partition coefficient (Wildman–Crippen LogP) is 3.94. The summed E-state index contributed by atoms with van der Waals surface area (Å²) >= 11 is 0. The number of benzene rings is 1. The van der Waals surface area contributed by atoms with Crippen LogP contribution < -0.4 is 5.32 Å². The standard InChI is InChI=1S/C19H14FN5O/c20-16-4-2-1-3-15(16)18-24-19(26-25-18)14-5-6-17(23-12-14)22-11-13-7-9-21-10-8-13/h1-10,12H,11H2,(H,22,23). The van der Waals surface area contributed by atoms with Crippen LogP contribution in [0.5, 0.6) is 0 Å². The number of pyridine rings is 2. The maximum atomic E-state index is 13.8. The van der Waals surface area contributed by atoms with E-state index in [0.717, 1.165) is 11.4 Å². The van der Waals surface area contributed by atoms with Gasteiger partial charge in [0.05, 0.1) is 11.1 Å².